The van der Waals surface area contributed by atoms with Crippen LogP contribution in [-0.4, -0.2) is 39.8 Å². The first-order valence-electron chi connectivity index (χ1n) is 6.91. The number of carboxylic acids is 2. The number of nitrogens with one attached hydrogen (secondary N) is 1. The Balaban J connectivity index is 0. The first-order valence-corrected chi connectivity index (χ1v) is 7.29. The van der Waals surface area contributed by atoms with Crippen LogP contribution >= 0.6 is 11.6 Å². The van der Waals surface area contributed by atoms with E-state index in [4.69, 9.17) is 31.4 Å². The van der Waals surface area contributed by atoms with Crippen LogP contribution < -0.4 is 15.5 Å². The van der Waals surface area contributed by atoms with E-state index in [2.05, 4.69) is 10.3 Å². The molecule has 2 heterocycles. The van der Waals surface area contributed by atoms with E-state index in [9.17, 15) is 10.1 Å². The number of carbonyl (C=O) groups excluding carboxylic acids is 2. The van der Waals surface area contributed by atoms with Gasteiger partial charge in [0.1, 0.15) is 5.15 Å². The van der Waals surface area contributed by atoms with Crippen molar-refractivity contribution in [1.82, 2.24) is 15.2 Å². The maximum atomic E-state index is 10.4. The molecule has 0 unspecified atom stereocenters. The van der Waals surface area contributed by atoms with Gasteiger partial charge in [0, 0.05) is 37.8 Å². The molecule has 147 valence electrons. The van der Waals surface area contributed by atoms with Gasteiger partial charge in [0.05, 0.1) is 4.92 Å². The number of halogens is 1. The minimum absolute atomic E-state index is 0. The van der Waals surface area contributed by atoms with E-state index in [1.54, 1.807) is 12.3 Å². The van der Waals surface area contributed by atoms with Gasteiger partial charge in [0.2, 0.25) is 0 Å². The smallest absolute Gasteiger partial charge is 0.550 e. The van der Waals surface area contributed by atoms with Crippen molar-refractivity contribution in [2.75, 3.05) is 13.1 Å². The molecular weight excluding hydrogens is 419 g/mol. The van der Waals surface area contributed by atoms with Crippen LogP contribution in [0, 0.1) is 10.1 Å². The Morgan fingerprint density at radius 3 is 2.31 bits per heavy atom. The predicted octanol–water partition coefficient (Wildman–Crippen LogP) is -1.27. The molecule has 0 saturated carbocycles. The van der Waals surface area contributed by atoms with Gasteiger partial charge < -0.3 is 30.0 Å². The molecule has 0 spiro atoms. The Hall–Kier alpha value is -2.36. The summed E-state index contributed by atoms with van der Waals surface area (Å²) < 4.78 is 0. The number of nitrogens with zero attached hydrogens (tertiary/aromatic N) is 3. The first kappa shape index (κ1) is 25.9. The number of rotatable bonds is 3. The number of aromatic nitrogens is 1. The van der Waals surface area contributed by atoms with E-state index in [1.165, 1.54) is 0 Å². The summed E-state index contributed by atoms with van der Waals surface area (Å²) in [6.45, 7) is 3.97. The summed E-state index contributed by atoms with van der Waals surface area (Å²) in [6, 6.07) is 3.56. The van der Waals surface area contributed by atoms with Crippen LogP contribution in [-0.2, 0) is 33.2 Å². The Morgan fingerprint density at radius 2 is 1.88 bits per heavy atom. The molecular formula is C14H17ClCuN4O6. The third-order valence-electron chi connectivity index (χ3n) is 2.42. The molecule has 0 aliphatic carbocycles. The summed E-state index contributed by atoms with van der Waals surface area (Å²) in [5.41, 5.74) is 0.965. The van der Waals surface area contributed by atoms with E-state index in [1.807, 2.05) is 11.0 Å². The topological polar surface area (TPSA) is 152 Å². The van der Waals surface area contributed by atoms with E-state index in [0.717, 1.165) is 32.2 Å². The van der Waals surface area contributed by atoms with Crippen LogP contribution in [0.5, 0.6) is 0 Å². The number of aliphatic carboxylic acids is 2. The average Bonchev–Trinajstić information content (AvgIpc) is 2.86. The van der Waals surface area contributed by atoms with Crippen molar-refractivity contribution in [2.24, 2.45) is 0 Å². The number of nitro groups is 1. The van der Waals surface area contributed by atoms with E-state index in [-0.39, 0.29) is 17.1 Å². The van der Waals surface area contributed by atoms with Crippen LogP contribution in [0.15, 0.2) is 30.4 Å². The van der Waals surface area contributed by atoms with Gasteiger partial charge in [-0.3, -0.25) is 10.1 Å². The van der Waals surface area contributed by atoms with Crippen LogP contribution in [0.4, 0.5) is 0 Å². The maximum Gasteiger partial charge on any atom is 2.00 e. The van der Waals surface area contributed by atoms with Crippen LogP contribution in [0.3, 0.4) is 0 Å². The minimum Gasteiger partial charge on any atom is -0.550 e. The molecule has 1 aromatic rings. The molecule has 0 bridgehead atoms. The first-order chi connectivity index (χ1) is 11.6. The molecule has 0 aromatic carbocycles. The quantitative estimate of drug-likeness (QED) is 0.264. The Labute approximate surface area is 165 Å². The normalized spacial score (nSPS) is 13.2. The molecule has 1 aliphatic rings. The molecule has 26 heavy (non-hydrogen) atoms. The molecule has 0 amide bonds. The molecule has 1 saturated heterocycles. The SMILES string of the molecule is CC(=O)[O-].CC(=O)[O-].O=[N+]([O-])C=C1NCCN1Cc1ccc(Cl)nc1.[Cu+2]. The number of carbonyl (C=O) groups is 2. The predicted molar refractivity (Wildman–Crippen MR) is 84.1 cm³/mol. The monoisotopic (exact) mass is 435 g/mol. The zero-order chi connectivity index (χ0) is 19.4. The second-order valence-electron chi connectivity index (χ2n) is 4.62. The summed E-state index contributed by atoms with van der Waals surface area (Å²) in [5.74, 6) is -1.63. The zero-order valence-corrected chi connectivity index (χ0v) is 15.6. The fraction of sp³-hybridized carbons (Fsp3) is 0.357. The fourth-order valence-electron chi connectivity index (χ4n) is 1.66. The van der Waals surface area contributed by atoms with Crippen molar-refractivity contribution in [3.63, 3.8) is 0 Å². The van der Waals surface area contributed by atoms with E-state index < -0.39 is 16.9 Å². The summed E-state index contributed by atoms with van der Waals surface area (Å²) >= 11 is 5.69. The Morgan fingerprint density at radius 1 is 1.35 bits per heavy atom. The molecule has 1 aliphatic heterocycles. The van der Waals surface area contributed by atoms with Gasteiger partial charge in [-0.25, -0.2) is 4.98 Å². The van der Waals surface area contributed by atoms with Crippen LogP contribution in [0.2, 0.25) is 5.15 Å². The molecule has 12 heteroatoms. The number of pyridine rings is 1. The minimum atomic E-state index is -1.08. The zero-order valence-electron chi connectivity index (χ0n) is 13.9. The molecule has 10 nitrogen and oxygen atoms in total. The third-order valence-corrected chi connectivity index (χ3v) is 2.64. The van der Waals surface area contributed by atoms with Crippen molar-refractivity contribution in [2.45, 2.75) is 20.4 Å². The van der Waals surface area contributed by atoms with Gasteiger partial charge in [-0.05, 0) is 25.5 Å². The summed E-state index contributed by atoms with van der Waals surface area (Å²) in [7, 11) is 0. The number of hydrogen-bond acceptors (Lipinski definition) is 9. The van der Waals surface area contributed by atoms with Gasteiger partial charge in [0.25, 0.3) is 6.20 Å². The van der Waals surface area contributed by atoms with Gasteiger partial charge in [-0.15, -0.1) is 0 Å². The van der Waals surface area contributed by atoms with Crippen molar-refractivity contribution in [3.05, 3.63) is 51.2 Å². The van der Waals surface area contributed by atoms with Gasteiger partial charge in [-0.1, -0.05) is 17.7 Å². The molecule has 0 atom stereocenters. The summed E-state index contributed by atoms with van der Waals surface area (Å²) in [5, 5.41) is 31.6. The Kier molecular flexibility index (Phi) is 13.8. The summed E-state index contributed by atoms with van der Waals surface area (Å²) in [4.78, 5) is 33.6. The van der Waals surface area contributed by atoms with Crippen molar-refractivity contribution < 1.29 is 41.8 Å². The molecule has 1 radical (unpaired) electrons. The standard InChI is InChI=1S/C10H11ClN4O2.2C2H4O2.Cu/c11-9-2-1-8(5-13-9)6-14-4-3-12-10(14)7-15(16)17;2*1-2(3)4;/h1-2,5,7,12H,3-4,6H2;2*1H3,(H,3,4);/q;;;+2/p-2. The number of hydrogen-bond donors (Lipinski definition) is 1. The second-order valence-corrected chi connectivity index (χ2v) is 5.01. The van der Waals surface area contributed by atoms with Crippen LogP contribution in [0.25, 0.3) is 0 Å². The molecule has 1 N–H and O–H groups in total. The fourth-order valence-corrected chi connectivity index (χ4v) is 1.77. The van der Waals surface area contributed by atoms with Gasteiger partial charge in [0.15, 0.2) is 5.82 Å². The second kappa shape index (κ2) is 13.9. The van der Waals surface area contributed by atoms with Crippen LogP contribution in [0.1, 0.15) is 19.4 Å². The van der Waals surface area contributed by atoms with Crippen molar-refractivity contribution in [1.29, 1.82) is 0 Å². The maximum absolute atomic E-state index is 10.4. The largest absolute Gasteiger partial charge is 2.00 e. The third kappa shape index (κ3) is 14.0. The molecule has 2 rings (SSSR count). The molecule has 1 fully saturated rings. The Bertz CT molecular complexity index is 606. The van der Waals surface area contributed by atoms with Crippen molar-refractivity contribution in [3.8, 4) is 0 Å². The molecule has 1 aromatic heterocycles. The van der Waals surface area contributed by atoms with Crippen molar-refractivity contribution >= 4 is 23.5 Å². The van der Waals surface area contributed by atoms with Gasteiger partial charge >= 0.3 is 17.1 Å². The summed E-state index contributed by atoms with van der Waals surface area (Å²) in [6.07, 6.45) is 2.65. The van der Waals surface area contributed by atoms with Gasteiger partial charge in [-0.2, -0.15) is 0 Å². The average molecular weight is 436 g/mol. The van der Waals surface area contributed by atoms with E-state index >= 15 is 0 Å². The van der Waals surface area contributed by atoms with E-state index in [0.29, 0.717) is 24.1 Å². The number of carboxylic acid groups (broad SMARTS) is 2.